The van der Waals surface area contributed by atoms with Crippen LogP contribution in [0.2, 0.25) is 5.02 Å². The Labute approximate surface area is 132 Å². The van der Waals surface area contributed by atoms with Gasteiger partial charge in [0.25, 0.3) is 11.8 Å². The van der Waals surface area contributed by atoms with Gasteiger partial charge >= 0.3 is 0 Å². The molecule has 2 amide bonds. The van der Waals surface area contributed by atoms with E-state index >= 15 is 0 Å². The van der Waals surface area contributed by atoms with Gasteiger partial charge in [0.1, 0.15) is 0 Å². The number of rotatable bonds is 2. The number of anilines is 2. The lowest BCUT2D eigenvalue weighted by molar-refractivity contribution is -0.122. The van der Waals surface area contributed by atoms with Gasteiger partial charge in [-0.3, -0.25) is 9.59 Å². The number of carbonyl (C=O) groups excluding carboxylic acids is 2. The molecule has 112 valence electrons. The van der Waals surface area contributed by atoms with Crippen molar-refractivity contribution in [1.29, 1.82) is 0 Å². The zero-order valence-electron chi connectivity index (χ0n) is 11.7. The maximum absolute atomic E-state index is 12.5. The molecule has 0 aromatic heterocycles. The van der Waals surface area contributed by atoms with Crippen LogP contribution in [0.1, 0.15) is 17.3 Å². The van der Waals surface area contributed by atoms with E-state index in [0.29, 0.717) is 27.7 Å². The molecule has 1 unspecified atom stereocenters. The number of ether oxygens (including phenoxy) is 1. The van der Waals surface area contributed by atoms with E-state index in [-0.39, 0.29) is 11.8 Å². The number of halogens is 1. The Kier molecular flexibility index (Phi) is 3.73. The van der Waals surface area contributed by atoms with Crippen molar-refractivity contribution in [2.45, 2.75) is 13.0 Å². The van der Waals surface area contributed by atoms with E-state index in [4.69, 9.17) is 16.3 Å². The molecule has 0 spiro atoms. The van der Waals surface area contributed by atoms with Crippen LogP contribution in [-0.4, -0.2) is 17.9 Å². The molecule has 3 rings (SSSR count). The molecular weight excluding hydrogens is 304 g/mol. The van der Waals surface area contributed by atoms with Crippen LogP contribution < -0.4 is 15.4 Å². The molecule has 1 atom stereocenters. The minimum absolute atomic E-state index is 0.240. The highest BCUT2D eigenvalue weighted by Gasteiger charge is 2.27. The lowest BCUT2D eigenvalue weighted by Crippen LogP contribution is -2.35. The quantitative estimate of drug-likeness (QED) is 0.893. The smallest absolute Gasteiger partial charge is 0.265 e. The number of fused-ring (bicyclic) bond motifs is 1. The normalized spacial score (nSPS) is 16.3. The molecule has 1 heterocycles. The third-order valence-electron chi connectivity index (χ3n) is 3.30. The highest BCUT2D eigenvalue weighted by Crippen LogP contribution is 2.34. The van der Waals surface area contributed by atoms with E-state index in [9.17, 15) is 9.59 Å². The van der Waals surface area contributed by atoms with Gasteiger partial charge in [-0.15, -0.1) is 0 Å². The van der Waals surface area contributed by atoms with E-state index in [2.05, 4.69) is 10.6 Å². The molecule has 0 bridgehead atoms. The van der Waals surface area contributed by atoms with E-state index in [1.54, 1.807) is 49.4 Å². The van der Waals surface area contributed by atoms with Gasteiger partial charge in [0.15, 0.2) is 11.9 Å². The Morgan fingerprint density at radius 3 is 2.77 bits per heavy atom. The van der Waals surface area contributed by atoms with E-state index in [1.807, 2.05) is 0 Å². The molecule has 0 saturated carbocycles. The zero-order chi connectivity index (χ0) is 15.7. The summed E-state index contributed by atoms with van der Waals surface area (Å²) < 4.78 is 5.56. The van der Waals surface area contributed by atoms with Crippen molar-refractivity contribution in [3.8, 4) is 5.75 Å². The summed E-state index contributed by atoms with van der Waals surface area (Å²) in [4.78, 5) is 24.1. The Balaban J connectivity index is 1.93. The summed E-state index contributed by atoms with van der Waals surface area (Å²) in [7, 11) is 0. The average Bonchev–Trinajstić information content (AvgIpc) is 2.50. The van der Waals surface area contributed by atoms with Gasteiger partial charge in [-0.2, -0.15) is 0 Å². The summed E-state index contributed by atoms with van der Waals surface area (Å²) in [6, 6.07) is 12.0. The molecule has 1 aliphatic rings. The summed E-state index contributed by atoms with van der Waals surface area (Å²) in [5.41, 5.74) is 1.33. The number of carbonyl (C=O) groups is 2. The van der Waals surface area contributed by atoms with Crippen molar-refractivity contribution < 1.29 is 14.3 Å². The summed E-state index contributed by atoms with van der Waals surface area (Å²) in [6.45, 7) is 1.63. The van der Waals surface area contributed by atoms with Crippen molar-refractivity contribution in [2.75, 3.05) is 10.6 Å². The maximum atomic E-state index is 12.5. The van der Waals surface area contributed by atoms with Crippen LogP contribution in [0.3, 0.4) is 0 Å². The number of benzene rings is 2. The second kappa shape index (κ2) is 5.69. The van der Waals surface area contributed by atoms with Crippen molar-refractivity contribution in [3.63, 3.8) is 0 Å². The van der Waals surface area contributed by atoms with Crippen LogP contribution in [0.25, 0.3) is 0 Å². The minimum atomic E-state index is -0.651. The number of nitrogens with one attached hydrogen (secondary N) is 2. The van der Waals surface area contributed by atoms with Gasteiger partial charge in [0.05, 0.1) is 22.0 Å². The summed E-state index contributed by atoms with van der Waals surface area (Å²) in [6.07, 6.45) is -0.651. The second-order valence-corrected chi connectivity index (χ2v) is 5.27. The van der Waals surface area contributed by atoms with E-state index < -0.39 is 6.10 Å². The summed E-state index contributed by atoms with van der Waals surface area (Å²) in [5.74, 6) is -0.233. The predicted octanol–water partition coefficient (Wildman–Crippen LogP) is 3.31. The molecule has 22 heavy (non-hydrogen) atoms. The van der Waals surface area contributed by atoms with Crippen LogP contribution in [0.4, 0.5) is 11.4 Å². The predicted molar refractivity (Wildman–Crippen MR) is 84.6 cm³/mol. The monoisotopic (exact) mass is 316 g/mol. The average molecular weight is 317 g/mol. The topological polar surface area (TPSA) is 67.4 Å². The second-order valence-electron chi connectivity index (χ2n) is 4.87. The van der Waals surface area contributed by atoms with Crippen LogP contribution in [0, 0.1) is 0 Å². The molecule has 0 radical (unpaired) electrons. The van der Waals surface area contributed by atoms with Gasteiger partial charge < -0.3 is 15.4 Å². The van der Waals surface area contributed by atoms with Crippen molar-refractivity contribution in [2.24, 2.45) is 0 Å². The van der Waals surface area contributed by atoms with Crippen molar-refractivity contribution in [3.05, 3.63) is 53.1 Å². The van der Waals surface area contributed by atoms with Gasteiger partial charge in [-0.05, 0) is 31.2 Å². The first-order valence-electron chi connectivity index (χ1n) is 6.72. The highest BCUT2D eigenvalue weighted by molar-refractivity contribution is 6.34. The number of hydrogen-bond acceptors (Lipinski definition) is 3. The third kappa shape index (κ3) is 2.63. The lowest BCUT2D eigenvalue weighted by Gasteiger charge is -2.25. The molecule has 0 aliphatic carbocycles. The summed E-state index contributed by atoms with van der Waals surface area (Å²) >= 11 is 6.04. The first-order chi connectivity index (χ1) is 10.6. The molecule has 2 N–H and O–H groups in total. The molecule has 6 heteroatoms. The molecule has 2 aromatic carbocycles. The first-order valence-corrected chi connectivity index (χ1v) is 7.10. The highest BCUT2D eigenvalue weighted by atomic mass is 35.5. The van der Waals surface area contributed by atoms with Gasteiger partial charge in [-0.25, -0.2) is 0 Å². The van der Waals surface area contributed by atoms with Gasteiger partial charge in [0, 0.05) is 0 Å². The number of hydrogen-bond donors (Lipinski definition) is 2. The maximum Gasteiger partial charge on any atom is 0.265 e. The zero-order valence-corrected chi connectivity index (χ0v) is 12.5. The molecule has 0 saturated heterocycles. The van der Waals surface area contributed by atoms with Crippen LogP contribution in [0.15, 0.2) is 42.5 Å². The Morgan fingerprint density at radius 1 is 1.23 bits per heavy atom. The summed E-state index contributed by atoms with van der Waals surface area (Å²) in [5, 5.41) is 5.90. The SMILES string of the molecule is CC1Oc2c(cccc2C(=O)Nc2ccccc2Cl)NC1=O. The fourth-order valence-electron chi connectivity index (χ4n) is 2.16. The Morgan fingerprint density at radius 2 is 2.00 bits per heavy atom. The molecular formula is C16H13ClN2O3. The largest absolute Gasteiger partial charge is 0.478 e. The molecule has 2 aromatic rings. The lowest BCUT2D eigenvalue weighted by atomic mass is 10.1. The molecule has 0 fully saturated rings. The number of amides is 2. The van der Waals surface area contributed by atoms with Crippen molar-refractivity contribution >= 4 is 34.8 Å². The molecule has 1 aliphatic heterocycles. The Hall–Kier alpha value is -2.53. The van der Waals surface area contributed by atoms with E-state index in [0.717, 1.165) is 0 Å². The standard InChI is InChI=1S/C16H13ClN2O3/c1-9-15(20)19-13-8-4-5-10(14(13)22-9)16(21)18-12-7-3-2-6-11(12)17/h2-9H,1H3,(H,18,21)(H,19,20). The fraction of sp³-hybridized carbons (Fsp3) is 0.125. The fourth-order valence-corrected chi connectivity index (χ4v) is 2.34. The van der Waals surface area contributed by atoms with Crippen LogP contribution >= 0.6 is 11.6 Å². The Bertz CT molecular complexity index is 761. The van der Waals surface area contributed by atoms with Gasteiger partial charge in [0.2, 0.25) is 0 Å². The van der Waals surface area contributed by atoms with Crippen LogP contribution in [-0.2, 0) is 4.79 Å². The van der Waals surface area contributed by atoms with Crippen molar-refractivity contribution in [1.82, 2.24) is 0 Å². The van der Waals surface area contributed by atoms with Gasteiger partial charge in [-0.1, -0.05) is 29.8 Å². The first kappa shape index (κ1) is 14.4. The van der Waals surface area contributed by atoms with Crippen LogP contribution in [0.5, 0.6) is 5.75 Å². The molecule has 5 nitrogen and oxygen atoms in total. The third-order valence-corrected chi connectivity index (χ3v) is 3.63. The van der Waals surface area contributed by atoms with E-state index in [1.165, 1.54) is 0 Å². The minimum Gasteiger partial charge on any atom is -0.478 e. The number of para-hydroxylation sites is 2.